The standard InChI is InChI=1S/C18H20N6O/c1-14-10-15(5-6-17(14)24-13-19-12-21-24)18(25)22-8-2-4-16(11-22)23-9-3-7-20-23/h3,5-7,9-10,12-13,16H,2,4,8,11H2,1H3. The van der Waals surface area contributed by atoms with Crippen LogP contribution < -0.4 is 0 Å². The van der Waals surface area contributed by atoms with Gasteiger partial charge >= 0.3 is 0 Å². The van der Waals surface area contributed by atoms with E-state index in [4.69, 9.17) is 0 Å². The first kappa shape index (κ1) is 15.6. The molecule has 7 nitrogen and oxygen atoms in total. The van der Waals surface area contributed by atoms with Gasteiger partial charge < -0.3 is 4.90 Å². The number of rotatable bonds is 3. The monoisotopic (exact) mass is 336 g/mol. The van der Waals surface area contributed by atoms with Crippen LogP contribution in [0.3, 0.4) is 0 Å². The van der Waals surface area contributed by atoms with Crippen molar-refractivity contribution in [3.63, 3.8) is 0 Å². The van der Waals surface area contributed by atoms with Crippen molar-refractivity contribution in [1.29, 1.82) is 0 Å². The number of carbonyl (C=O) groups excluding carboxylic acids is 1. The van der Waals surface area contributed by atoms with E-state index in [0.29, 0.717) is 12.1 Å². The average Bonchev–Trinajstić information content (AvgIpc) is 3.35. The third kappa shape index (κ3) is 3.05. The Labute approximate surface area is 145 Å². The third-order valence-electron chi connectivity index (χ3n) is 4.69. The smallest absolute Gasteiger partial charge is 0.253 e. The Morgan fingerprint density at radius 3 is 2.92 bits per heavy atom. The molecule has 25 heavy (non-hydrogen) atoms. The van der Waals surface area contributed by atoms with E-state index in [0.717, 1.165) is 30.6 Å². The highest BCUT2D eigenvalue weighted by Crippen LogP contribution is 2.23. The molecular formula is C18H20N6O. The molecule has 0 saturated carbocycles. The fourth-order valence-electron chi connectivity index (χ4n) is 3.41. The number of nitrogens with zero attached hydrogens (tertiary/aromatic N) is 6. The summed E-state index contributed by atoms with van der Waals surface area (Å²) >= 11 is 0. The van der Waals surface area contributed by atoms with Crippen LogP contribution in [-0.4, -0.2) is 48.4 Å². The van der Waals surface area contributed by atoms with Gasteiger partial charge in [-0.2, -0.15) is 10.2 Å². The van der Waals surface area contributed by atoms with Gasteiger partial charge in [0.25, 0.3) is 5.91 Å². The fourth-order valence-corrected chi connectivity index (χ4v) is 3.41. The maximum atomic E-state index is 12.9. The van der Waals surface area contributed by atoms with Crippen LogP contribution in [0.1, 0.15) is 34.8 Å². The van der Waals surface area contributed by atoms with Crippen molar-refractivity contribution in [3.8, 4) is 5.69 Å². The minimum Gasteiger partial charge on any atom is -0.337 e. The van der Waals surface area contributed by atoms with Gasteiger partial charge in [-0.25, -0.2) is 9.67 Å². The van der Waals surface area contributed by atoms with Crippen molar-refractivity contribution < 1.29 is 4.79 Å². The molecule has 1 saturated heterocycles. The summed E-state index contributed by atoms with van der Waals surface area (Å²) in [5, 5.41) is 8.47. The van der Waals surface area contributed by atoms with Gasteiger partial charge in [0.2, 0.25) is 0 Å². The quantitative estimate of drug-likeness (QED) is 0.736. The molecule has 1 amide bonds. The molecule has 1 aliphatic heterocycles. The maximum absolute atomic E-state index is 12.9. The van der Waals surface area contributed by atoms with Crippen LogP contribution in [0.4, 0.5) is 0 Å². The highest BCUT2D eigenvalue weighted by atomic mass is 16.2. The topological polar surface area (TPSA) is 68.8 Å². The predicted molar refractivity (Wildman–Crippen MR) is 92.5 cm³/mol. The molecule has 128 valence electrons. The van der Waals surface area contributed by atoms with E-state index in [1.165, 1.54) is 6.33 Å². The lowest BCUT2D eigenvalue weighted by Crippen LogP contribution is -2.40. The molecule has 3 heterocycles. The van der Waals surface area contributed by atoms with Crippen LogP contribution >= 0.6 is 0 Å². The van der Waals surface area contributed by atoms with E-state index in [1.807, 2.05) is 47.0 Å². The van der Waals surface area contributed by atoms with Crippen molar-refractivity contribution >= 4 is 5.91 Å². The Kier molecular flexibility index (Phi) is 4.05. The molecular weight excluding hydrogens is 316 g/mol. The molecule has 4 rings (SSSR count). The second-order valence-electron chi connectivity index (χ2n) is 6.37. The number of amides is 1. The van der Waals surface area contributed by atoms with E-state index < -0.39 is 0 Å². The summed E-state index contributed by atoms with van der Waals surface area (Å²) < 4.78 is 3.66. The van der Waals surface area contributed by atoms with Crippen LogP contribution in [0.15, 0.2) is 49.3 Å². The van der Waals surface area contributed by atoms with Crippen LogP contribution in [-0.2, 0) is 0 Å². The zero-order valence-electron chi connectivity index (χ0n) is 14.1. The minimum absolute atomic E-state index is 0.0742. The number of hydrogen-bond acceptors (Lipinski definition) is 4. The first-order valence-corrected chi connectivity index (χ1v) is 8.46. The highest BCUT2D eigenvalue weighted by Gasteiger charge is 2.26. The van der Waals surface area contributed by atoms with Crippen LogP contribution in [0, 0.1) is 6.92 Å². The molecule has 1 atom stereocenters. The summed E-state index contributed by atoms with van der Waals surface area (Å²) in [6.07, 6.45) is 8.95. The van der Waals surface area contributed by atoms with E-state index in [9.17, 15) is 4.79 Å². The molecule has 1 aliphatic rings. The summed E-state index contributed by atoms with van der Waals surface area (Å²) in [6.45, 7) is 3.47. The lowest BCUT2D eigenvalue weighted by Gasteiger charge is -2.33. The number of hydrogen-bond donors (Lipinski definition) is 0. The molecule has 0 aliphatic carbocycles. The Morgan fingerprint density at radius 2 is 2.20 bits per heavy atom. The second kappa shape index (κ2) is 6.51. The molecule has 2 aromatic heterocycles. The molecule has 0 spiro atoms. The van der Waals surface area contributed by atoms with Crippen LogP contribution in [0.2, 0.25) is 0 Å². The molecule has 1 unspecified atom stereocenters. The van der Waals surface area contributed by atoms with Gasteiger partial charge in [-0.15, -0.1) is 0 Å². The lowest BCUT2D eigenvalue weighted by atomic mass is 10.0. The van der Waals surface area contributed by atoms with E-state index in [-0.39, 0.29) is 11.9 Å². The number of benzene rings is 1. The second-order valence-corrected chi connectivity index (χ2v) is 6.37. The summed E-state index contributed by atoms with van der Waals surface area (Å²) in [7, 11) is 0. The Morgan fingerprint density at radius 1 is 1.28 bits per heavy atom. The number of carbonyl (C=O) groups is 1. The van der Waals surface area contributed by atoms with Gasteiger partial charge in [-0.1, -0.05) is 0 Å². The molecule has 0 bridgehead atoms. The van der Waals surface area contributed by atoms with Gasteiger partial charge in [0.05, 0.1) is 11.7 Å². The van der Waals surface area contributed by atoms with Crippen molar-refractivity contribution in [2.75, 3.05) is 13.1 Å². The van der Waals surface area contributed by atoms with Crippen LogP contribution in [0.5, 0.6) is 0 Å². The lowest BCUT2D eigenvalue weighted by molar-refractivity contribution is 0.0673. The molecule has 1 aromatic carbocycles. The SMILES string of the molecule is Cc1cc(C(=O)N2CCCC(n3cccn3)C2)ccc1-n1cncn1. The maximum Gasteiger partial charge on any atom is 0.253 e. The van der Waals surface area contributed by atoms with Gasteiger partial charge in [0.15, 0.2) is 0 Å². The Balaban J connectivity index is 1.53. The summed E-state index contributed by atoms with van der Waals surface area (Å²) in [5.74, 6) is 0.0742. The Bertz CT molecular complexity index is 856. The zero-order valence-corrected chi connectivity index (χ0v) is 14.1. The van der Waals surface area contributed by atoms with Crippen molar-refractivity contribution in [2.45, 2.75) is 25.8 Å². The number of aryl methyl sites for hydroxylation is 1. The molecule has 7 heteroatoms. The highest BCUT2D eigenvalue weighted by molar-refractivity contribution is 5.94. The zero-order chi connectivity index (χ0) is 17.2. The van der Waals surface area contributed by atoms with E-state index >= 15 is 0 Å². The number of piperidine rings is 1. The summed E-state index contributed by atoms with van der Waals surface area (Å²) in [5.41, 5.74) is 2.64. The van der Waals surface area contributed by atoms with Gasteiger partial charge in [0.1, 0.15) is 12.7 Å². The fraction of sp³-hybridized carbons (Fsp3) is 0.333. The Hall–Kier alpha value is -2.96. The predicted octanol–water partition coefficient (Wildman–Crippen LogP) is 2.25. The number of likely N-dealkylation sites (tertiary alicyclic amines) is 1. The van der Waals surface area contributed by atoms with Gasteiger partial charge in [-0.3, -0.25) is 9.48 Å². The minimum atomic E-state index is 0.0742. The first-order chi connectivity index (χ1) is 12.2. The van der Waals surface area contributed by atoms with Gasteiger partial charge in [-0.05, 0) is 49.6 Å². The first-order valence-electron chi connectivity index (χ1n) is 8.46. The molecule has 3 aromatic rings. The van der Waals surface area contributed by atoms with Crippen molar-refractivity contribution in [1.82, 2.24) is 29.4 Å². The third-order valence-corrected chi connectivity index (χ3v) is 4.69. The largest absolute Gasteiger partial charge is 0.337 e. The summed E-state index contributed by atoms with van der Waals surface area (Å²) in [6, 6.07) is 7.89. The molecule has 1 fully saturated rings. The number of aromatic nitrogens is 5. The summed E-state index contributed by atoms with van der Waals surface area (Å²) in [4.78, 5) is 18.8. The van der Waals surface area contributed by atoms with Crippen molar-refractivity contribution in [2.24, 2.45) is 0 Å². The van der Waals surface area contributed by atoms with E-state index in [2.05, 4.69) is 15.2 Å². The average molecular weight is 336 g/mol. The van der Waals surface area contributed by atoms with Crippen molar-refractivity contribution in [3.05, 3.63) is 60.4 Å². The normalized spacial score (nSPS) is 17.6. The van der Waals surface area contributed by atoms with Gasteiger partial charge in [0, 0.05) is 31.0 Å². The van der Waals surface area contributed by atoms with E-state index in [1.54, 1.807) is 17.2 Å². The molecule has 0 radical (unpaired) electrons. The van der Waals surface area contributed by atoms with Crippen LogP contribution in [0.25, 0.3) is 5.69 Å². The molecule has 0 N–H and O–H groups in total.